The van der Waals surface area contributed by atoms with Crippen LogP contribution in [0.2, 0.25) is 5.02 Å². The lowest BCUT2D eigenvalue weighted by atomic mass is 9.95. The number of halogens is 1. The summed E-state index contributed by atoms with van der Waals surface area (Å²) < 4.78 is 5.25. The molecule has 3 heteroatoms. The van der Waals surface area contributed by atoms with Crippen molar-refractivity contribution in [3.8, 4) is 5.75 Å². The van der Waals surface area contributed by atoms with E-state index in [1.165, 1.54) is 12.8 Å². The number of methoxy groups -OCH3 is 1. The van der Waals surface area contributed by atoms with Crippen molar-refractivity contribution in [3.05, 3.63) is 28.8 Å². The second kappa shape index (κ2) is 5.09. The van der Waals surface area contributed by atoms with Crippen LogP contribution in [-0.2, 0) is 11.2 Å². The van der Waals surface area contributed by atoms with Gasteiger partial charge < -0.3 is 4.74 Å². The third-order valence-electron chi connectivity index (χ3n) is 3.44. The second-order valence-electron chi connectivity index (χ2n) is 4.73. The number of ether oxygens (including phenoxy) is 1. The molecule has 0 aromatic heterocycles. The Morgan fingerprint density at radius 3 is 2.82 bits per heavy atom. The number of hydrogen-bond acceptors (Lipinski definition) is 2. The Morgan fingerprint density at radius 1 is 1.53 bits per heavy atom. The number of hydrogen-bond donors (Lipinski definition) is 0. The lowest BCUT2D eigenvalue weighted by Gasteiger charge is -2.12. The number of benzene rings is 1. The van der Waals surface area contributed by atoms with E-state index in [-0.39, 0.29) is 11.7 Å². The molecule has 0 radical (unpaired) electrons. The Hall–Kier alpha value is -1.02. The summed E-state index contributed by atoms with van der Waals surface area (Å²) in [5, 5.41) is 0.646. The monoisotopic (exact) mass is 252 g/mol. The van der Waals surface area contributed by atoms with Crippen LogP contribution in [0.1, 0.15) is 25.3 Å². The molecule has 0 aliphatic heterocycles. The van der Waals surface area contributed by atoms with Gasteiger partial charge in [0.25, 0.3) is 0 Å². The Balaban J connectivity index is 2.11. The number of carbonyl (C=O) groups is 1. The molecule has 1 unspecified atom stereocenters. The van der Waals surface area contributed by atoms with Crippen molar-refractivity contribution in [2.24, 2.45) is 11.8 Å². The average Bonchev–Trinajstić information content (AvgIpc) is 3.12. The molecule has 1 aliphatic carbocycles. The van der Waals surface area contributed by atoms with E-state index >= 15 is 0 Å². The van der Waals surface area contributed by atoms with Gasteiger partial charge in [-0.1, -0.05) is 18.5 Å². The van der Waals surface area contributed by atoms with Crippen LogP contribution in [0.15, 0.2) is 18.2 Å². The molecule has 1 saturated carbocycles. The van der Waals surface area contributed by atoms with Crippen LogP contribution in [0.25, 0.3) is 0 Å². The lowest BCUT2D eigenvalue weighted by molar-refractivity contribution is -0.122. The fourth-order valence-electron chi connectivity index (χ4n) is 2.09. The van der Waals surface area contributed by atoms with Crippen LogP contribution in [0.3, 0.4) is 0 Å². The highest BCUT2D eigenvalue weighted by atomic mass is 35.5. The number of Topliss-reactive ketones (excluding diaryl/α,β-unsaturated/α-hetero) is 1. The molecule has 0 heterocycles. The zero-order valence-corrected chi connectivity index (χ0v) is 11.0. The summed E-state index contributed by atoms with van der Waals surface area (Å²) in [6.07, 6.45) is 2.81. The van der Waals surface area contributed by atoms with Crippen LogP contribution in [0.5, 0.6) is 5.75 Å². The highest BCUT2D eigenvalue weighted by molar-refractivity contribution is 6.30. The van der Waals surface area contributed by atoms with E-state index in [0.717, 1.165) is 11.3 Å². The van der Waals surface area contributed by atoms with Crippen LogP contribution in [0.4, 0.5) is 0 Å². The molecule has 1 aromatic carbocycles. The van der Waals surface area contributed by atoms with E-state index in [1.54, 1.807) is 13.2 Å². The predicted molar refractivity (Wildman–Crippen MR) is 68.6 cm³/mol. The van der Waals surface area contributed by atoms with Crippen molar-refractivity contribution in [2.45, 2.75) is 26.2 Å². The predicted octanol–water partition coefficient (Wildman–Crippen LogP) is 3.51. The highest BCUT2D eigenvalue weighted by Crippen LogP contribution is 2.37. The summed E-state index contributed by atoms with van der Waals surface area (Å²) in [5.74, 6) is 1.80. The first-order chi connectivity index (χ1) is 8.11. The second-order valence-corrected chi connectivity index (χ2v) is 5.16. The SMILES string of the molecule is COc1ccc(Cl)cc1CC(=O)C(C)C1CC1. The summed E-state index contributed by atoms with van der Waals surface area (Å²) in [6, 6.07) is 5.41. The Labute approximate surface area is 107 Å². The van der Waals surface area contributed by atoms with Gasteiger partial charge in [-0.3, -0.25) is 4.79 Å². The van der Waals surface area contributed by atoms with Gasteiger partial charge in [0.05, 0.1) is 7.11 Å². The molecule has 1 aliphatic rings. The lowest BCUT2D eigenvalue weighted by Crippen LogP contribution is -2.15. The molecule has 1 fully saturated rings. The first-order valence-electron chi connectivity index (χ1n) is 5.97. The summed E-state index contributed by atoms with van der Waals surface area (Å²) >= 11 is 5.94. The molecule has 0 bridgehead atoms. The smallest absolute Gasteiger partial charge is 0.140 e. The first-order valence-corrected chi connectivity index (χ1v) is 6.34. The van der Waals surface area contributed by atoms with Crippen molar-refractivity contribution >= 4 is 17.4 Å². The van der Waals surface area contributed by atoms with E-state index in [4.69, 9.17) is 16.3 Å². The van der Waals surface area contributed by atoms with Gasteiger partial charge in [-0.15, -0.1) is 0 Å². The highest BCUT2D eigenvalue weighted by Gasteiger charge is 2.32. The largest absolute Gasteiger partial charge is 0.496 e. The maximum atomic E-state index is 12.1. The van der Waals surface area contributed by atoms with E-state index in [1.807, 2.05) is 19.1 Å². The van der Waals surface area contributed by atoms with Crippen LogP contribution >= 0.6 is 11.6 Å². The van der Waals surface area contributed by atoms with E-state index < -0.39 is 0 Å². The van der Waals surface area contributed by atoms with Gasteiger partial charge in [0.15, 0.2) is 0 Å². The molecule has 0 amide bonds. The van der Waals surface area contributed by atoms with E-state index in [2.05, 4.69) is 0 Å². The molecule has 92 valence electrons. The minimum atomic E-state index is 0.165. The maximum Gasteiger partial charge on any atom is 0.140 e. The van der Waals surface area contributed by atoms with Crippen LogP contribution < -0.4 is 4.74 Å². The summed E-state index contributed by atoms with van der Waals surface area (Å²) in [5.41, 5.74) is 0.887. The van der Waals surface area contributed by atoms with E-state index in [0.29, 0.717) is 17.4 Å². The van der Waals surface area contributed by atoms with Gasteiger partial charge in [0.1, 0.15) is 11.5 Å². The first kappa shape index (κ1) is 12.4. The van der Waals surface area contributed by atoms with Crippen molar-refractivity contribution in [2.75, 3.05) is 7.11 Å². The zero-order valence-electron chi connectivity index (χ0n) is 10.2. The molecule has 0 saturated heterocycles. The fourth-order valence-corrected chi connectivity index (χ4v) is 2.29. The summed E-state index contributed by atoms with van der Waals surface area (Å²) in [7, 11) is 1.61. The third kappa shape index (κ3) is 3.01. The standard InChI is InChI=1S/C14H17ClO2/c1-9(10-3-4-10)13(16)8-11-7-12(15)5-6-14(11)17-2/h5-7,9-10H,3-4,8H2,1-2H3. The summed E-state index contributed by atoms with van der Waals surface area (Å²) in [4.78, 5) is 12.1. The molecule has 0 spiro atoms. The minimum Gasteiger partial charge on any atom is -0.496 e. The number of ketones is 1. The van der Waals surface area contributed by atoms with Crippen molar-refractivity contribution in [1.82, 2.24) is 0 Å². The molecule has 1 atom stereocenters. The van der Waals surface area contributed by atoms with Gasteiger partial charge in [-0.2, -0.15) is 0 Å². The molecule has 0 N–H and O–H groups in total. The Bertz CT molecular complexity index is 424. The van der Waals surface area contributed by atoms with Crippen LogP contribution in [0, 0.1) is 11.8 Å². The van der Waals surface area contributed by atoms with Gasteiger partial charge in [-0.25, -0.2) is 0 Å². The van der Waals surface area contributed by atoms with Crippen molar-refractivity contribution < 1.29 is 9.53 Å². The average molecular weight is 253 g/mol. The Morgan fingerprint density at radius 2 is 2.24 bits per heavy atom. The van der Waals surface area contributed by atoms with Crippen molar-refractivity contribution in [3.63, 3.8) is 0 Å². The molecular formula is C14H17ClO2. The molecule has 17 heavy (non-hydrogen) atoms. The topological polar surface area (TPSA) is 26.3 Å². The quantitative estimate of drug-likeness (QED) is 0.802. The van der Waals surface area contributed by atoms with Crippen molar-refractivity contribution in [1.29, 1.82) is 0 Å². The minimum absolute atomic E-state index is 0.165. The maximum absolute atomic E-state index is 12.1. The van der Waals surface area contributed by atoms with Gasteiger partial charge in [0, 0.05) is 22.9 Å². The van der Waals surface area contributed by atoms with Gasteiger partial charge >= 0.3 is 0 Å². The fraction of sp³-hybridized carbons (Fsp3) is 0.500. The van der Waals surface area contributed by atoms with E-state index in [9.17, 15) is 4.79 Å². The molecule has 2 rings (SSSR count). The van der Waals surface area contributed by atoms with Crippen LogP contribution in [-0.4, -0.2) is 12.9 Å². The third-order valence-corrected chi connectivity index (χ3v) is 3.68. The van der Waals surface area contributed by atoms with Gasteiger partial charge in [-0.05, 0) is 37.0 Å². The normalized spacial score (nSPS) is 16.6. The molecular weight excluding hydrogens is 236 g/mol. The molecule has 2 nitrogen and oxygen atoms in total. The number of carbonyl (C=O) groups excluding carboxylic acids is 1. The summed E-state index contributed by atoms with van der Waals surface area (Å²) in [6.45, 7) is 2.02. The molecule has 1 aromatic rings. The number of rotatable bonds is 5. The Kier molecular flexibility index (Phi) is 3.72. The van der Waals surface area contributed by atoms with Gasteiger partial charge in [0.2, 0.25) is 0 Å². The zero-order chi connectivity index (χ0) is 12.4.